The summed E-state index contributed by atoms with van der Waals surface area (Å²) in [6.07, 6.45) is 4.25. The van der Waals surface area contributed by atoms with Crippen molar-refractivity contribution in [1.29, 1.82) is 0 Å². The highest BCUT2D eigenvalue weighted by atomic mass is 19.1. The van der Waals surface area contributed by atoms with Crippen LogP contribution >= 0.6 is 0 Å². The second-order valence-electron chi connectivity index (χ2n) is 6.31. The highest BCUT2D eigenvalue weighted by molar-refractivity contribution is 5.41. The summed E-state index contributed by atoms with van der Waals surface area (Å²) in [5, 5.41) is 3.68. The predicted molar refractivity (Wildman–Crippen MR) is 70.5 cm³/mol. The van der Waals surface area contributed by atoms with Crippen LogP contribution in [0.15, 0.2) is 24.3 Å². The van der Waals surface area contributed by atoms with E-state index < -0.39 is 6.17 Å². The molecule has 1 nitrogen and oxygen atoms in total. The molecule has 0 radical (unpaired) electrons. The van der Waals surface area contributed by atoms with Gasteiger partial charge >= 0.3 is 0 Å². The number of piperidine rings is 1. The first-order chi connectivity index (χ1) is 8.79. The van der Waals surface area contributed by atoms with Gasteiger partial charge in [0.1, 0.15) is 6.17 Å². The van der Waals surface area contributed by atoms with Crippen molar-refractivity contribution in [1.82, 2.24) is 5.32 Å². The van der Waals surface area contributed by atoms with E-state index in [4.69, 9.17) is 0 Å². The minimum Gasteiger partial charge on any atom is -0.313 e. The van der Waals surface area contributed by atoms with Crippen LogP contribution in [-0.4, -0.2) is 18.8 Å². The van der Waals surface area contributed by atoms with Crippen molar-refractivity contribution >= 4 is 0 Å². The van der Waals surface area contributed by atoms with Crippen molar-refractivity contribution in [2.45, 2.75) is 49.7 Å². The third-order valence-electron chi connectivity index (χ3n) is 5.54. The topological polar surface area (TPSA) is 12.0 Å². The molecule has 1 heterocycles. The van der Waals surface area contributed by atoms with Crippen molar-refractivity contribution in [3.8, 4) is 0 Å². The molecule has 4 rings (SSSR count). The Morgan fingerprint density at radius 3 is 3.06 bits per heavy atom. The highest BCUT2D eigenvalue weighted by Gasteiger charge is 2.53. The minimum absolute atomic E-state index is 0.141. The Morgan fingerprint density at radius 1 is 1.22 bits per heavy atom. The van der Waals surface area contributed by atoms with Crippen LogP contribution in [0.25, 0.3) is 0 Å². The third kappa shape index (κ3) is 1.36. The normalized spacial score (nSPS) is 41.9. The number of fused-ring (bicyclic) bond motifs is 1. The molecule has 1 saturated carbocycles. The smallest absolute Gasteiger partial charge is 0.101 e. The molecule has 96 valence electrons. The van der Waals surface area contributed by atoms with Gasteiger partial charge in [-0.3, -0.25) is 0 Å². The highest BCUT2D eigenvalue weighted by Crippen LogP contribution is 2.54. The van der Waals surface area contributed by atoms with Crippen molar-refractivity contribution in [2.24, 2.45) is 5.92 Å². The summed E-state index contributed by atoms with van der Waals surface area (Å²) < 4.78 is 14.0. The Labute approximate surface area is 108 Å². The molecule has 0 aromatic heterocycles. The molecule has 1 saturated heterocycles. The van der Waals surface area contributed by atoms with Crippen LogP contribution in [0, 0.1) is 5.92 Å². The maximum Gasteiger partial charge on any atom is 0.101 e. The summed E-state index contributed by atoms with van der Waals surface area (Å²) in [6.45, 7) is 1.06. The maximum atomic E-state index is 14.0. The van der Waals surface area contributed by atoms with Crippen LogP contribution < -0.4 is 5.32 Å². The van der Waals surface area contributed by atoms with Crippen LogP contribution in [0.1, 0.15) is 36.8 Å². The summed E-state index contributed by atoms with van der Waals surface area (Å²) >= 11 is 0. The Hall–Kier alpha value is -0.890. The second kappa shape index (κ2) is 3.80. The van der Waals surface area contributed by atoms with Crippen molar-refractivity contribution < 1.29 is 4.39 Å². The lowest BCUT2D eigenvalue weighted by atomic mass is 9.52. The molecule has 1 N–H and O–H groups in total. The summed E-state index contributed by atoms with van der Waals surface area (Å²) in [4.78, 5) is 0. The first kappa shape index (κ1) is 11.0. The molecule has 2 bridgehead atoms. The van der Waals surface area contributed by atoms with Gasteiger partial charge in [-0.25, -0.2) is 4.39 Å². The van der Waals surface area contributed by atoms with E-state index in [0.29, 0.717) is 12.0 Å². The van der Waals surface area contributed by atoms with Gasteiger partial charge in [0.05, 0.1) is 0 Å². The standard InChI is InChI=1S/C16H20FN/c17-12-5-6-14-15-9-11-3-1-2-4-13(11)16(14,10-12)7-8-18-15/h1-4,12,14-15,18H,5-10H2/t12?,14-,15+,16+/m0/s1. The van der Waals surface area contributed by atoms with Gasteiger partial charge in [0.2, 0.25) is 0 Å². The fourth-order valence-corrected chi connectivity index (χ4v) is 4.86. The minimum atomic E-state index is -0.592. The number of rotatable bonds is 0. The molecule has 1 aliphatic heterocycles. The lowest BCUT2D eigenvalue weighted by molar-refractivity contribution is 0.0385. The summed E-state index contributed by atoms with van der Waals surface area (Å²) in [5.41, 5.74) is 3.07. The van der Waals surface area contributed by atoms with E-state index in [9.17, 15) is 4.39 Å². The molecular weight excluding hydrogens is 225 g/mol. The Bertz CT molecular complexity index is 472. The third-order valence-corrected chi connectivity index (χ3v) is 5.54. The zero-order valence-electron chi connectivity index (χ0n) is 10.7. The summed E-state index contributed by atoms with van der Waals surface area (Å²) in [5.74, 6) is 0.660. The van der Waals surface area contributed by atoms with Gasteiger partial charge < -0.3 is 5.32 Å². The monoisotopic (exact) mass is 245 g/mol. The SMILES string of the molecule is FC1CC[C@H]2[C@H]3Cc4ccccc4[C@@]2(CCN3)C1. The fourth-order valence-electron chi connectivity index (χ4n) is 4.86. The zero-order chi connectivity index (χ0) is 12.2. The van der Waals surface area contributed by atoms with E-state index in [0.717, 1.165) is 38.6 Å². The molecule has 2 heteroatoms. The van der Waals surface area contributed by atoms with Crippen molar-refractivity contribution in [3.63, 3.8) is 0 Å². The molecule has 4 atom stereocenters. The fraction of sp³-hybridized carbons (Fsp3) is 0.625. The first-order valence-electron chi connectivity index (χ1n) is 7.25. The molecule has 1 aromatic carbocycles. The second-order valence-corrected chi connectivity index (χ2v) is 6.31. The molecule has 2 aliphatic carbocycles. The Morgan fingerprint density at radius 2 is 2.11 bits per heavy atom. The van der Waals surface area contributed by atoms with Gasteiger partial charge in [-0.05, 0) is 55.7 Å². The van der Waals surface area contributed by atoms with Gasteiger partial charge in [0.15, 0.2) is 0 Å². The molecule has 18 heavy (non-hydrogen) atoms. The Balaban J connectivity index is 1.89. The van der Waals surface area contributed by atoms with E-state index in [1.54, 1.807) is 0 Å². The summed E-state index contributed by atoms with van der Waals surface area (Å²) in [6, 6.07) is 9.36. The van der Waals surface area contributed by atoms with Crippen molar-refractivity contribution in [2.75, 3.05) is 6.54 Å². The van der Waals surface area contributed by atoms with E-state index in [1.807, 2.05) is 0 Å². The lowest BCUT2D eigenvalue weighted by Gasteiger charge is -2.56. The first-order valence-corrected chi connectivity index (χ1v) is 7.25. The van der Waals surface area contributed by atoms with Gasteiger partial charge in [0, 0.05) is 11.5 Å². The van der Waals surface area contributed by atoms with Gasteiger partial charge in [0.25, 0.3) is 0 Å². The van der Waals surface area contributed by atoms with Gasteiger partial charge in [-0.2, -0.15) is 0 Å². The molecule has 3 aliphatic rings. The number of hydrogen-bond acceptors (Lipinski definition) is 1. The average Bonchev–Trinajstić information content (AvgIpc) is 2.38. The van der Waals surface area contributed by atoms with Gasteiger partial charge in [-0.15, -0.1) is 0 Å². The molecule has 1 aromatic rings. The molecular formula is C16H20FN. The maximum absolute atomic E-state index is 14.0. The molecule has 1 unspecified atom stereocenters. The summed E-state index contributed by atoms with van der Waals surface area (Å²) in [7, 11) is 0. The zero-order valence-corrected chi connectivity index (χ0v) is 10.7. The van der Waals surface area contributed by atoms with E-state index in [-0.39, 0.29) is 5.41 Å². The number of nitrogens with one attached hydrogen (secondary N) is 1. The number of benzene rings is 1. The van der Waals surface area contributed by atoms with Gasteiger partial charge in [-0.1, -0.05) is 24.3 Å². The average molecular weight is 245 g/mol. The van der Waals surface area contributed by atoms with Crippen LogP contribution in [0.3, 0.4) is 0 Å². The Kier molecular flexibility index (Phi) is 2.32. The number of alkyl halides is 1. The van der Waals surface area contributed by atoms with E-state index in [1.165, 1.54) is 11.1 Å². The van der Waals surface area contributed by atoms with Crippen LogP contribution in [0.5, 0.6) is 0 Å². The van der Waals surface area contributed by atoms with Crippen LogP contribution in [-0.2, 0) is 11.8 Å². The van der Waals surface area contributed by atoms with Crippen LogP contribution in [0.2, 0.25) is 0 Å². The molecule has 0 spiro atoms. The molecule has 2 fully saturated rings. The lowest BCUT2D eigenvalue weighted by Crippen LogP contribution is -2.60. The largest absolute Gasteiger partial charge is 0.313 e. The van der Waals surface area contributed by atoms with Crippen molar-refractivity contribution in [3.05, 3.63) is 35.4 Å². The number of halogens is 1. The molecule has 0 amide bonds. The predicted octanol–water partition coefficient (Wildman–Crippen LogP) is 2.98. The number of hydrogen-bond donors (Lipinski definition) is 1. The quantitative estimate of drug-likeness (QED) is 0.741. The van der Waals surface area contributed by atoms with E-state index in [2.05, 4.69) is 29.6 Å². The van der Waals surface area contributed by atoms with Crippen LogP contribution in [0.4, 0.5) is 4.39 Å². The van der Waals surface area contributed by atoms with E-state index >= 15 is 0 Å².